The van der Waals surface area contributed by atoms with Gasteiger partial charge in [0.25, 0.3) is 0 Å². The first-order valence-corrected chi connectivity index (χ1v) is 21.1. The minimum Gasteiger partial charge on any atom is -0.310 e. The largest absolute Gasteiger partial charge is 0.310 e. The van der Waals surface area contributed by atoms with E-state index in [0.29, 0.717) is 0 Å². The molecule has 282 valence electrons. The summed E-state index contributed by atoms with van der Waals surface area (Å²) >= 11 is 0. The van der Waals surface area contributed by atoms with Crippen LogP contribution in [0.5, 0.6) is 0 Å². The molecule has 0 unspecified atom stereocenters. The summed E-state index contributed by atoms with van der Waals surface area (Å²) < 4.78 is 2.56. The van der Waals surface area contributed by atoms with Crippen molar-refractivity contribution < 1.29 is 0 Å². The van der Waals surface area contributed by atoms with Gasteiger partial charge in [0, 0.05) is 33.1 Å². The first kappa shape index (κ1) is 33.5. The van der Waals surface area contributed by atoms with Crippen molar-refractivity contribution in [2.24, 2.45) is 0 Å². The summed E-state index contributed by atoms with van der Waals surface area (Å²) in [6.07, 6.45) is 0. The van der Waals surface area contributed by atoms with Gasteiger partial charge in [0.05, 0.1) is 27.8 Å². The Morgan fingerprint density at radius 1 is 0.383 bits per heavy atom. The van der Waals surface area contributed by atoms with Crippen molar-refractivity contribution >= 4 is 38.9 Å². The van der Waals surface area contributed by atoms with Crippen LogP contribution in [0.3, 0.4) is 0 Å². The molecule has 2 heterocycles. The molecule has 13 rings (SSSR count). The summed E-state index contributed by atoms with van der Waals surface area (Å²) in [4.78, 5) is 2.46. The van der Waals surface area contributed by atoms with Gasteiger partial charge in [0.2, 0.25) is 0 Å². The Labute approximate surface area is 350 Å². The second-order valence-corrected chi connectivity index (χ2v) is 17.2. The Hall–Kier alpha value is -7.42. The van der Waals surface area contributed by atoms with Gasteiger partial charge in [-0.1, -0.05) is 178 Å². The molecule has 3 aliphatic rings. The van der Waals surface area contributed by atoms with E-state index in [4.69, 9.17) is 0 Å². The van der Waals surface area contributed by atoms with Crippen molar-refractivity contribution in [3.05, 3.63) is 240 Å². The third-order valence-corrected chi connectivity index (χ3v) is 14.0. The van der Waals surface area contributed by atoms with Gasteiger partial charge in [-0.05, 0) is 104 Å². The molecule has 2 heteroatoms. The van der Waals surface area contributed by atoms with Crippen LogP contribution in [0, 0.1) is 0 Å². The van der Waals surface area contributed by atoms with E-state index in [1.807, 2.05) is 0 Å². The molecule has 1 aliphatic heterocycles. The van der Waals surface area contributed by atoms with Crippen LogP contribution in [0.1, 0.15) is 47.2 Å². The zero-order chi connectivity index (χ0) is 39.7. The standard InChI is InChI=1S/C58H40N2/c1-57(2)47-25-11-6-20-41(47)44-33-32-39(36-52(44)57)59(38-17-4-3-5-18-38)53-29-14-9-19-40(53)37-31-34-50-55(35-37)60-54-30-15-10-23-45(54)46-24-16-28-51(56(46)60)58(50)48-26-12-7-21-42(48)43-22-8-13-27-49(43)58/h3-36H,1-2H3. The molecule has 2 aliphatic carbocycles. The molecule has 10 aromatic rings. The molecule has 0 radical (unpaired) electrons. The van der Waals surface area contributed by atoms with E-state index in [-0.39, 0.29) is 5.41 Å². The molecule has 0 N–H and O–H groups in total. The molecule has 60 heavy (non-hydrogen) atoms. The van der Waals surface area contributed by atoms with Crippen LogP contribution in [-0.2, 0) is 10.8 Å². The number of fused-ring (bicyclic) bond motifs is 15. The first-order valence-electron chi connectivity index (χ1n) is 21.1. The van der Waals surface area contributed by atoms with Gasteiger partial charge in [0.1, 0.15) is 0 Å². The Balaban J connectivity index is 1.08. The van der Waals surface area contributed by atoms with Crippen molar-refractivity contribution in [2.75, 3.05) is 4.90 Å². The van der Waals surface area contributed by atoms with E-state index in [1.165, 1.54) is 94.3 Å². The number of anilines is 3. The number of benzene rings is 9. The van der Waals surface area contributed by atoms with Crippen LogP contribution in [0.2, 0.25) is 0 Å². The monoisotopic (exact) mass is 764 g/mol. The van der Waals surface area contributed by atoms with Crippen LogP contribution < -0.4 is 4.90 Å². The highest BCUT2D eigenvalue weighted by Crippen LogP contribution is 2.61. The van der Waals surface area contributed by atoms with E-state index < -0.39 is 5.41 Å². The highest BCUT2D eigenvalue weighted by Gasteiger charge is 2.50. The Kier molecular flexibility index (Phi) is 6.74. The molecule has 0 bridgehead atoms. The zero-order valence-electron chi connectivity index (χ0n) is 33.5. The summed E-state index contributed by atoms with van der Waals surface area (Å²) in [7, 11) is 0. The molecule has 2 nitrogen and oxygen atoms in total. The highest BCUT2D eigenvalue weighted by atomic mass is 15.1. The summed E-state index contributed by atoms with van der Waals surface area (Å²) in [5.41, 5.74) is 22.3. The lowest BCUT2D eigenvalue weighted by Crippen LogP contribution is -2.33. The number of rotatable bonds is 4. The summed E-state index contributed by atoms with van der Waals surface area (Å²) in [6, 6.07) is 77.2. The fourth-order valence-corrected chi connectivity index (χ4v) is 11.5. The Bertz CT molecular complexity index is 3370. The van der Waals surface area contributed by atoms with Crippen molar-refractivity contribution in [3.63, 3.8) is 0 Å². The maximum absolute atomic E-state index is 2.56. The third kappa shape index (κ3) is 4.22. The lowest BCUT2D eigenvalue weighted by molar-refractivity contribution is 0.660. The van der Waals surface area contributed by atoms with Crippen molar-refractivity contribution in [2.45, 2.75) is 24.7 Å². The van der Waals surface area contributed by atoms with Gasteiger partial charge in [-0.15, -0.1) is 0 Å². The lowest BCUT2D eigenvalue weighted by atomic mass is 9.65. The van der Waals surface area contributed by atoms with Gasteiger partial charge in [0.15, 0.2) is 0 Å². The number of hydrogen-bond acceptors (Lipinski definition) is 1. The lowest BCUT2D eigenvalue weighted by Gasteiger charge is -2.40. The van der Waals surface area contributed by atoms with Crippen molar-refractivity contribution in [1.29, 1.82) is 0 Å². The Morgan fingerprint density at radius 3 is 1.73 bits per heavy atom. The Morgan fingerprint density at radius 2 is 0.967 bits per heavy atom. The molecule has 1 aromatic heterocycles. The smallest absolute Gasteiger partial charge is 0.0754 e. The predicted molar refractivity (Wildman–Crippen MR) is 249 cm³/mol. The average molecular weight is 765 g/mol. The second-order valence-electron chi connectivity index (χ2n) is 17.2. The van der Waals surface area contributed by atoms with Gasteiger partial charge >= 0.3 is 0 Å². The van der Waals surface area contributed by atoms with Crippen LogP contribution in [0.4, 0.5) is 17.1 Å². The number of nitrogens with zero attached hydrogens (tertiary/aromatic N) is 2. The number of aromatic nitrogens is 1. The average Bonchev–Trinajstić information content (AvgIpc) is 3.88. The fourth-order valence-electron chi connectivity index (χ4n) is 11.5. The van der Waals surface area contributed by atoms with E-state index >= 15 is 0 Å². The molecule has 0 saturated heterocycles. The predicted octanol–water partition coefficient (Wildman–Crippen LogP) is 14.9. The van der Waals surface area contributed by atoms with Crippen LogP contribution in [0.15, 0.2) is 206 Å². The van der Waals surface area contributed by atoms with E-state index in [2.05, 4.69) is 230 Å². The minimum absolute atomic E-state index is 0.114. The van der Waals surface area contributed by atoms with Crippen LogP contribution in [-0.4, -0.2) is 4.57 Å². The highest BCUT2D eigenvalue weighted by molar-refractivity contribution is 6.13. The molecule has 0 saturated carbocycles. The van der Waals surface area contributed by atoms with Gasteiger partial charge in [-0.25, -0.2) is 0 Å². The summed E-state index contributed by atoms with van der Waals surface area (Å²) in [5.74, 6) is 0. The van der Waals surface area contributed by atoms with E-state index in [1.54, 1.807) is 0 Å². The zero-order valence-corrected chi connectivity index (χ0v) is 33.5. The van der Waals surface area contributed by atoms with Crippen LogP contribution in [0.25, 0.3) is 60.9 Å². The molecular formula is C58H40N2. The second kappa shape index (κ2) is 12.1. The molecular weight excluding hydrogens is 725 g/mol. The van der Waals surface area contributed by atoms with Crippen molar-refractivity contribution in [1.82, 2.24) is 4.57 Å². The van der Waals surface area contributed by atoms with Crippen molar-refractivity contribution in [3.8, 4) is 39.1 Å². The fraction of sp³-hybridized carbons (Fsp3) is 0.0690. The molecule has 0 atom stereocenters. The number of hydrogen-bond donors (Lipinski definition) is 0. The number of para-hydroxylation sites is 4. The van der Waals surface area contributed by atoms with Gasteiger partial charge in [-0.2, -0.15) is 0 Å². The normalized spacial score (nSPS) is 14.4. The van der Waals surface area contributed by atoms with E-state index in [9.17, 15) is 0 Å². The first-order chi connectivity index (χ1) is 29.5. The molecule has 9 aromatic carbocycles. The molecule has 0 amide bonds. The minimum atomic E-state index is -0.477. The molecule has 1 spiro atoms. The van der Waals surface area contributed by atoms with Gasteiger partial charge in [-0.3, -0.25) is 0 Å². The third-order valence-electron chi connectivity index (χ3n) is 14.0. The van der Waals surface area contributed by atoms with E-state index in [0.717, 1.165) is 17.1 Å². The SMILES string of the molecule is CC1(C)c2ccccc2-c2ccc(N(c3ccccc3)c3ccccc3-c3ccc4c(c3)-n3c5ccccc5c5cccc(c53)C43c4ccccc4-c4ccccc43)cc21. The summed E-state index contributed by atoms with van der Waals surface area (Å²) in [5, 5.41) is 2.57. The maximum atomic E-state index is 2.56. The van der Waals surface area contributed by atoms with Gasteiger partial charge < -0.3 is 9.47 Å². The molecule has 0 fully saturated rings. The quantitative estimate of drug-likeness (QED) is 0.173. The maximum Gasteiger partial charge on any atom is 0.0754 e. The summed E-state index contributed by atoms with van der Waals surface area (Å²) in [6.45, 7) is 4.73. The topological polar surface area (TPSA) is 8.17 Å². The van der Waals surface area contributed by atoms with Crippen LogP contribution >= 0.6 is 0 Å².